The van der Waals surface area contributed by atoms with Crippen molar-refractivity contribution in [3.05, 3.63) is 64.2 Å². The lowest BCUT2D eigenvalue weighted by Gasteiger charge is -2.37. The molecule has 1 saturated heterocycles. The molecular formula is C23H27N5O3S. The van der Waals surface area contributed by atoms with Crippen molar-refractivity contribution in [2.75, 3.05) is 33.3 Å². The number of carbonyl (C=O) groups is 1. The topological polar surface area (TPSA) is 93.7 Å². The fourth-order valence-electron chi connectivity index (χ4n) is 3.95. The molecule has 2 N–H and O–H groups in total. The molecule has 9 heteroatoms. The summed E-state index contributed by atoms with van der Waals surface area (Å²) in [4.78, 5) is 32.7. The molecule has 1 aliphatic rings. The van der Waals surface area contributed by atoms with Crippen LogP contribution in [0.15, 0.2) is 52.2 Å². The van der Waals surface area contributed by atoms with E-state index in [1.165, 1.54) is 11.0 Å². The van der Waals surface area contributed by atoms with Crippen LogP contribution in [0.5, 0.6) is 5.75 Å². The van der Waals surface area contributed by atoms with Crippen molar-refractivity contribution >= 4 is 28.8 Å². The van der Waals surface area contributed by atoms with E-state index in [0.29, 0.717) is 22.3 Å². The molecule has 0 spiro atoms. The van der Waals surface area contributed by atoms with Gasteiger partial charge in [0.1, 0.15) is 11.6 Å². The molecular weight excluding hydrogens is 426 g/mol. The standard InChI is InChI=1S/C23H27N5O3S/c1-15(22-25-20-9-4-16(21(24)29)14-19(20)23(30)26(22)2)27-10-12-28(13-11-27)32-18-7-5-17(31-3)6-8-18/h4-9,14-15H,10-13H2,1-3H3,(H2,24,29). The second kappa shape index (κ2) is 9.32. The van der Waals surface area contributed by atoms with Gasteiger partial charge in [-0.2, -0.15) is 0 Å². The maximum absolute atomic E-state index is 12.9. The Morgan fingerprint density at radius 2 is 1.81 bits per heavy atom. The summed E-state index contributed by atoms with van der Waals surface area (Å²) in [7, 11) is 3.40. The Labute approximate surface area is 191 Å². The van der Waals surface area contributed by atoms with Gasteiger partial charge in [0.05, 0.1) is 24.1 Å². The summed E-state index contributed by atoms with van der Waals surface area (Å²) in [6.07, 6.45) is 0. The molecule has 8 nitrogen and oxygen atoms in total. The van der Waals surface area contributed by atoms with Gasteiger partial charge in [0, 0.05) is 43.7 Å². The third-order valence-electron chi connectivity index (χ3n) is 5.88. The smallest absolute Gasteiger partial charge is 0.261 e. The van der Waals surface area contributed by atoms with Crippen molar-refractivity contribution in [3.8, 4) is 5.75 Å². The molecule has 3 aromatic rings. The van der Waals surface area contributed by atoms with Gasteiger partial charge >= 0.3 is 0 Å². The summed E-state index contributed by atoms with van der Waals surface area (Å²) < 4.78 is 9.15. The summed E-state index contributed by atoms with van der Waals surface area (Å²) >= 11 is 1.75. The van der Waals surface area contributed by atoms with Crippen molar-refractivity contribution < 1.29 is 9.53 Å². The number of hydrogen-bond donors (Lipinski definition) is 1. The fraction of sp³-hybridized carbons (Fsp3) is 0.348. The zero-order valence-corrected chi connectivity index (χ0v) is 19.3. The Morgan fingerprint density at radius 3 is 2.44 bits per heavy atom. The minimum Gasteiger partial charge on any atom is -0.497 e. The number of hydrogen-bond acceptors (Lipinski definition) is 7. The van der Waals surface area contributed by atoms with E-state index in [-0.39, 0.29) is 11.6 Å². The highest BCUT2D eigenvalue weighted by Crippen LogP contribution is 2.28. The van der Waals surface area contributed by atoms with E-state index >= 15 is 0 Å². The number of primary amides is 1. The molecule has 0 aliphatic carbocycles. The quantitative estimate of drug-likeness (QED) is 0.573. The Hall–Kier alpha value is -2.88. The van der Waals surface area contributed by atoms with E-state index in [9.17, 15) is 9.59 Å². The number of nitrogens with two attached hydrogens (primary N) is 1. The maximum atomic E-state index is 12.9. The number of benzene rings is 2. The normalized spacial score (nSPS) is 16.2. The van der Waals surface area contributed by atoms with E-state index in [4.69, 9.17) is 15.5 Å². The lowest BCUT2D eigenvalue weighted by molar-refractivity contribution is 0.100. The van der Waals surface area contributed by atoms with Crippen LogP contribution in [0, 0.1) is 0 Å². The molecule has 1 unspecified atom stereocenters. The first-order chi connectivity index (χ1) is 15.4. The van der Waals surface area contributed by atoms with Gasteiger partial charge in [-0.3, -0.25) is 19.1 Å². The van der Waals surface area contributed by atoms with Gasteiger partial charge < -0.3 is 10.5 Å². The Bertz CT molecular complexity index is 1190. The van der Waals surface area contributed by atoms with E-state index in [1.54, 1.807) is 42.8 Å². The van der Waals surface area contributed by atoms with Crippen molar-refractivity contribution in [2.24, 2.45) is 12.8 Å². The molecule has 2 heterocycles. The molecule has 168 valence electrons. The fourth-order valence-corrected chi connectivity index (χ4v) is 4.85. The van der Waals surface area contributed by atoms with E-state index in [1.807, 2.05) is 12.1 Å². The molecule has 0 saturated carbocycles. The number of aromatic nitrogens is 2. The molecule has 0 bridgehead atoms. The van der Waals surface area contributed by atoms with Crippen LogP contribution >= 0.6 is 11.9 Å². The average molecular weight is 454 g/mol. The number of piperazine rings is 1. The first kappa shape index (κ1) is 22.3. The first-order valence-corrected chi connectivity index (χ1v) is 11.3. The predicted octanol–water partition coefficient (Wildman–Crippen LogP) is 2.43. The van der Waals surface area contributed by atoms with Crippen LogP contribution in [-0.2, 0) is 7.05 Å². The maximum Gasteiger partial charge on any atom is 0.261 e. The molecule has 1 aliphatic heterocycles. The van der Waals surface area contributed by atoms with E-state index in [0.717, 1.165) is 31.9 Å². The lowest BCUT2D eigenvalue weighted by atomic mass is 10.1. The third-order valence-corrected chi connectivity index (χ3v) is 6.99. The largest absolute Gasteiger partial charge is 0.497 e. The summed E-state index contributed by atoms with van der Waals surface area (Å²) in [6.45, 7) is 5.64. The first-order valence-electron chi connectivity index (χ1n) is 10.5. The summed E-state index contributed by atoms with van der Waals surface area (Å²) in [6, 6.07) is 12.9. The molecule has 4 rings (SSSR count). The number of nitrogens with zero attached hydrogens (tertiary/aromatic N) is 4. The van der Waals surface area contributed by atoms with Crippen LogP contribution in [0.2, 0.25) is 0 Å². The van der Waals surface area contributed by atoms with Gasteiger partial charge in [0.15, 0.2) is 0 Å². The zero-order valence-electron chi connectivity index (χ0n) is 18.4. The highest BCUT2D eigenvalue weighted by atomic mass is 32.2. The van der Waals surface area contributed by atoms with E-state index < -0.39 is 5.91 Å². The predicted molar refractivity (Wildman–Crippen MR) is 126 cm³/mol. The lowest BCUT2D eigenvalue weighted by Crippen LogP contribution is -2.45. The van der Waals surface area contributed by atoms with Crippen LogP contribution in [0.1, 0.15) is 29.1 Å². The second-order valence-corrected chi connectivity index (χ2v) is 9.01. The molecule has 1 aromatic heterocycles. The van der Waals surface area contributed by atoms with Crippen molar-refractivity contribution in [1.82, 2.24) is 18.8 Å². The number of fused-ring (bicyclic) bond motifs is 1. The van der Waals surface area contributed by atoms with Gasteiger partial charge in [-0.15, -0.1) is 0 Å². The Morgan fingerprint density at radius 1 is 1.12 bits per heavy atom. The van der Waals surface area contributed by atoms with Gasteiger partial charge in [-0.1, -0.05) is 0 Å². The van der Waals surface area contributed by atoms with Crippen LogP contribution in [0.3, 0.4) is 0 Å². The summed E-state index contributed by atoms with van der Waals surface area (Å²) in [5.41, 5.74) is 6.07. The molecule has 1 amide bonds. The van der Waals surface area contributed by atoms with Gasteiger partial charge in [0.2, 0.25) is 5.91 Å². The van der Waals surface area contributed by atoms with Gasteiger partial charge in [-0.25, -0.2) is 9.29 Å². The van der Waals surface area contributed by atoms with Gasteiger partial charge in [0.25, 0.3) is 5.56 Å². The number of ether oxygens (including phenoxy) is 1. The Kier molecular flexibility index (Phi) is 6.50. The molecule has 1 atom stereocenters. The average Bonchev–Trinajstić information content (AvgIpc) is 2.81. The van der Waals surface area contributed by atoms with E-state index in [2.05, 4.69) is 28.3 Å². The third kappa shape index (κ3) is 4.50. The van der Waals surface area contributed by atoms with Gasteiger partial charge in [-0.05, 0) is 61.3 Å². The number of rotatable bonds is 6. The number of methoxy groups -OCH3 is 1. The SMILES string of the molecule is COc1ccc(SN2CCN(C(C)c3nc4ccc(C(N)=O)cc4c(=O)n3C)CC2)cc1. The Balaban J connectivity index is 1.47. The molecule has 32 heavy (non-hydrogen) atoms. The van der Waals surface area contributed by atoms with Crippen LogP contribution in [-0.4, -0.2) is 58.0 Å². The number of carbonyl (C=O) groups excluding carboxylic acids is 1. The highest BCUT2D eigenvalue weighted by molar-refractivity contribution is 7.97. The zero-order chi connectivity index (χ0) is 22.8. The molecule has 2 aromatic carbocycles. The monoisotopic (exact) mass is 453 g/mol. The van der Waals surface area contributed by atoms with Crippen LogP contribution in [0.4, 0.5) is 0 Å². The minimum absolute atomic E-state index is 0.0129. The summed E-state index contributed by atoms with van der Waals surface area (Å²) in [5, 5.41) is 0.403. The number of amides is 1. The van der Waals surface area contributed by atoms with Crippen molar-refractivity contribution in [2.45, 2.75) is 17.9 Å². The van der Waals surface area contributed by atoms with Crippen LogP contribution < -0.4 is 16.0 Å². The molecule has 1 fully saturated rings. The van der Waals surface area contributed by atoms with Crippen molar-refractivity contribution in [1.29, 1.82) is 0 Å². The van der Waals surface area contributed by atoms with Crippen LogP contribution in [0.25, 0.3) is 10.9 Å². The minimum atomic E-state index is -0.559. The summed E-state index contributed by atoms with van der Waals surface area (Å²) in [5.74, 6) is 1.01. The molecule has 0 radical (unpaired) electrons. The second-order valence-electron chi connectivity index (χ2n) is 7.84. The highest BCUT2D eigenvalue weighted by Gasteiger charge is 2.25. The van der Waals surface area contributed by atoms with Crippen molar-refractivity contribution in [3.63, 3.8) is 0 Å².